The molecule has 0 saturated carbocycles. The zero-order chi connectivity index (χ0) is 15.7. The number of benzene rings is 1. The van der Waals surface area contributed by atoms with E-state index in [1.54, 1.807) is 30.3 Å². The first-order valence-corrected chi connectivity index (χ1v) is 8.23. The molecule has 6 heteroatoms. The summed E-state index contributed by atoms with van der Waals surface area (Å²) in [5, 5.41) is 19.0. The molecule has 1 aromatic rings. The van der Waals surface area contributed by atoms with Crippen molar-refractivity contribution in [3.05, 3.63) is 48.6 Å². The maximum atomic E-state index is 12.2. The van der Waals surface area contributed by atoms with Gasteiger partial charge in [0.1, 0.15) is 0 Å². The Hall–Kier alpha value is -2.15. The monoisotopic (exact) mass is 301 g/mol. The molecule has 1 saturated heterocycles. The van der Waals surface area contributed by atoms with Crippen LogP contribution in [0.1, 0.15) is 18.0 Å². The highest BCUT2D eigenvalue weighted by Crippen LogP contribution is 2.50. The van der Waals surface area contributed by atoms with Gasteiger partial charge in [-0.25, -0.2) is 8.42 Å². The summed E-state index contributed by atoms with van der Waals surface area (Å²) in [6.07, 6.45) is 2.69. The number of nitrogens with zero attached hydrogens (tertiary/aromatic N) is 3. The normalized spacial score (nSPS) is 24.9. The molecule has 2 unspecified atom stereocenters. The summed E-state index contributed by atoms with van der Waals surface area (Å²) in [5.74, 6) is 0. The van der Waals surface area contributed by atoms with Crippen LogP contribution in [0.5, 0.6) is 0 Å². The predicted molar refractivity (Wildman–Crippen MR) is 78.1 cm³/mol. The molecule has 0 amide bonds. The van der Waals surface area contributed by atoms with Crippen molar-refractivity contribution in [1.82, 2.24) is 4.31 Å². The van der Waals surface area contributed by atoms with Gasteiger partial charge in [0.2, 0.25) is 10.0 Å². The second-order valence-electron chi connectivity index (χ2n) is 5.11. The molecule has 1 fully saturated rings. The van der Waals surface area contributed by atoms with Gasteiger partial charge in [-0.2, -0.15) is 14.8 Å². The molecule has 0 bridgehead atoms. The standard InChI is InChI=1S/C15H15N3O2S/c1-3-13-9-15(10-16,11-17)14(18(13)21(2,19)20)12-7-5-4-6-8-12/h3-8,13-14H,1,9H2,2H3. The van der Waals surface area contributed by atoms with Gasteiger partial charge >= 0.3 is 0 Å². The van der Waals surface area contributed by atoms with E-state index in [9.17, 15) is 18.9 Å². The fraction of sp³-hybridized carbons (Fsp3) is 0.333. The molecule has 2 rings (SSSR count). The molecule has 5 nitrogen and oxygen atoms in total. The first-order valence-electron chi connectivity index (χ1n) is 6.38. The van der Waals surface area contributed by atoms with Gasteiger partial charge in [0, 0.05) is 12.5 Å². The summed E-state index contributed by atoms with van der Waals surface area (Å²) in [5.41, 5.74) is -0.779. The highest BCUT2D eigenvalue weighted by molar-refractivity contribution is 7.88. The Kier molecular flexibility index (Phi) is 3.87. The Balaban J connectivity index is 2.71. The second kappa shape index (κ2) is 5.33. The minimum atomic E-state index is -3.59. The van der Waals surface area contributed by atoms with Crippen molar-refractivity contribution in [3.63, 3.8) is 0 Å². The molecule has 1 aliphatic rings. The smallest absolute Gasteiger partial charge is 0.212 e. The third-order valence-electron chi connectivity index (χ3n) is 3.75. The van der Waals surface area contributed by atoms with Crippen molar-refractivity contribution in [2.45, 2.75) is 18.5 Å². The van der Waals surface area contributed by atoms with E-state index in [2.05, 4.69) is 6.58 Å². The van der Waals surface area contributed by atoms with Gasteiger partial charge in [0.15, 0.2) is 5.41 Å². The zero-order valence-corrected chi connectivity index (χ0v) is 12.4. The highest BCUT2D eigenvalue weighted by Gasteiger charge is 2.56. The molecular formula is C15H15N3O2S. The number of hydrogen-bond acceptors (Lipinski definition) is 4. The van der Waals surface area contributed by atoms with E-state index in [0.717, 1.165) is 6.26 Å². The molecular weight excluding hydrogens is 286 g/mol. The molecule has 1 heterocycles. The van der Waals surface area contributed by atoms with E-state index in [4.69, 9.17) is 0 Å². The van der Waals surface area contributed by atoms with E-state index >= 15 is 0 Å². The minimum Gasteiger partial charge on any atom is -0.212 e. The molecule has 21 heavy (non-hydrogen) atoms. The Labute approximate surface area is 124 Å². The third-order valence-corrected chi connectivity index (χ3v) is 5.00. The summed E-state index contributed by atoms with van der Waals surface area (Å²) in [6, 6.07) is 11.5. The fourth-order valence-electron chi connectivity index (χ4n) is 2.87. The lowest BCUT2D eigenvalue weighted by atomic mass is 9.79. The molecule has 108 valence electrons. The van der Waals surface area contributed by atoms with Crippen molar-refractivity contribution in [2.24, 2.45) is 5.41 Å². The number of hydrogen-bond donors (Lipinski definition) is 0. The van der Waals surface area contributed by atoms with Crippen LogP contribution in [0.2, 0.25) is 0 Å². The average molecular weight is 301 g/mol. The van der Waals surface area contributed by atoms with Gasteiger partial charge in [0.25, 0.3) is 0 Å². The lowest BCUT2D eigenvalue weighted by Gasteiger charge is -2.29. The van der Waals surface area contributed by atoms with Crippen LogP contribution in [0.15, 0.2) is 43.0 Å². The summed E-state index contributed by atoms with van der Waals surface area (Å²) in [6.45, 7) is 3.64. The van der Waals surface area contributed by atoms with Crippen LogP contribution >= 0.6 is 0 Å². The Morgan fingerprint density at radius 3 is 2.33 bits per heavy atom. The predicted octanol–water partition coefficient (Wildman–Crippen LogP) is 1.98. The fourth-order valence-corrected chi connectivity index (χ4v) is 4.21. The summed E-state index contributed by atoms with van der Waals surface area (Å²) in [7, 11) is -3.59. The molecule has 2 atom stereocenters. The van der Waals surface area contributed by atoms with Crippen LogP contribution < -0.4 is 0 Å². The van der Waals surface area contributed by atoms with E-state index in [1.807, 2.05) is 12.1 Å². The highest BCUT2D eigenvalue weighted by atomic mass is 32.2. The van der Waals surface area contributed by atoms with E-state index in [0.29, 0.717) is 5.56 Å². The number of nitriles is 2. The van der Waals surface area contributed by atoms with Crippen molar-refractivity contribution in [2.75, 3.05) is 6.26 Å². The number of sulfonamides is 1. The first-order chi connectivity index (χ1) is 9.89. The van der Waals surface area contributed by atoms with Gasteiger partial charge < -0.3 is 0 Å². The van der Waals surface area contributed by atoms with Crippen molar-refractivity contribution < 1.29 is 8.42 Å². The van der Waals surface area contributed by atoms with E-state index < -0.39 is 27.5 Å². The Morgan fingerprint density at radius 1 is 1.33 bits per heavy atom. The van der Waals surface area contributed by atoms with Crippen LogP contribution in [0, 0.1) is 28.1 Å². The quantitative estimate of drug-likeness (QED) is 0.799. The lowest BCUT2D eigenvalue weighted by molar-refractivity contribution is 0.320. The van der Waals surface area contributed by atoms with Crippen LogP contribution in [0.3, 0.4) is 0 Å². The SMILES string of the molecule is C=CC1CC(C#N)(C#N)C(c2ccccc2)N1S(C)(=O)=O. The maximum Gasteiger partial charge on any atom is 0.212 e. The summed E-state index contributed by atoms with van der Waals surface area (Å²) < 4.78 is 25.6. The molecule has 0 aromatic heterocycles. The van der Waals surface area contributed by atoms with E-state index in [-0.39, 0.29) is 6.42 Å². The van der Waals surface area contributed by atoms with Crippen LogP contribution in [0.4, 0.5) is 0 Å². The molecule has 1 aliphatic heterocycles. The zero-order valence-electron chi connectivity index (χ0n) is 11.6. The molecule has 1 aromatic carbocycles. The summed E-state index contributed by atoms with van der Waals surface area (Å²) in [4.78, 5) is 0. The van der Waals surface area contributed by atoms with Gasteiger partial charge in [-0.1, -0.05) is 36.4 Å². The minimum absolute atomic E-state index is 0.121. The molecule has 0 aliphatic carbocycles. The van der Waals surface area contributed by atoms with Crippen molar-refractivity contribution in [1.29, 1.82) is 10.5 Å². The molecule has 0 spiro atoms. The van der Waals surface area contributed by atoms with Crippen LogP contribution in [0.25, 0.3) is 0 Å². The second-order valence-corrected chi connectivity index (χ2v) is 7.00. The van der Waals surface area contributed by atoms with Crippen LogP contribution in [-0.2, 0) is 10.0 Å². The third kappa shape index (κ3) is 2.44. The maximum absolute atomic E-state index is 12.2. The van der Waals surface area contributed by atoms with Crippen LogP contribution in [-0.4, -0.2) is 25.0 Å². The molecule has 0 radical (unpaired) electrons. The Bertz CT molecular complexity index is 714. The average Bonchev–Trinajstić information content (AvgIpc) is 2.83. The lowest BCUT2D eigenvalue weighted by Crippen LogP contribution is -2.37. The van der Waals surface area contributed by atoms with E-state index in [1.165, 1.54) is 10.4 Å². The Morgan fingerprint density at radius 2 is 1.90 bits per heavy atom. The topological polar surface area (TPSA) is 85.0 Å². The van der Waals surface area contributed by atoms with Gasteiger partial charge in [-0.15, -0.1) is 6.58 Å². The van der Waals surface area contributed by atoms with Gasteiger partial charge in [0.05, 0.1) is 24.4 Å². The van der Waals surface area contributed by atoms with Crippen molar-refractivity contribution in [3.8, 4) is 12.1 Å². The van der Waals surface area contributed by atoms with Gasteiger partial charge in [-0.05, 0) is 5.56 Å². The number of rotatable bonds is 3. The largest absolute Gasteiger partial charge is 0.212 e. The van der Waals surface area contributed by atoms with Gasteiger partial charge in [-0.3, -0.25) is 0 Å². The first kappa shape index (κ1) is 15.2. The summed E-state index contributed by atoms with van der Waals surface area (Å²) >= 11 is 0. The molecule has 0 N–H and O–H groups in total. The van der Waals surface area contributed by atoms with Crippen molar-refractivity contribution >= 4 is 10.0 Å².